The number of ether oxygens (including phenoxy) is 1. The third-order valence-corrected chi connectivity index (χ3v) is 4.31. The van der Waals surface area contributed by atoms with Gasteiger partial charge in [0, 0.05) is 32.7 Å². The first-order valence-electron chi connectivity index (χ1n) is 9.00. The summed E-state index contributed by atoms with van der Waals surface area (Å²) in [6.45, 7) is 9.28. The van der Waals surface area contributed by atoms with Gasteiger partial charge in [0.1, 0.15) is 16.8 Å². The largest absolute Gasteiger partial charge is 0.444 e. The molecule has 1 aromatic carbocycles. The van der Waals surface area contributed by atoms with Crippen LogP contribution in [0.1, 0.15) is 33.3 Å². The van der Waals surface area contributed by atoms with Gasteiger partial charge in [-0.2, -0.15) is 0 Å². The monoisotopic (exact) mass is 399 g/mol. The number of carbonyl (C=O) groups is 2. The minimum Gasteiger partial charge on any atom is -0.444 e. The topological polar surface area (TPSA) is 61.9 Å². The van der Waals surface area contributed by atoms with Gasteiger partial charge in [0.15, 0.2) is 0 Å². The molecule has 1 aromatic rings. The zero-order valence-electron chi connectivity index (χ0n) is 16.2. The lowest BCUT2D eigenvalue weighted by Crippen LogP contribution is -2.50. The smallest absolute Gasteiger partial charge is 0.410 e. The van der Waals surface area contributed by atoms with Gasteiger partial charge in [-0.05, 0) is 45.4 Å². The van der Waals surface area contributed by atoms with E-state index in [4.69, 9.17) is 16.3 Å². The number of hydrogen-bond donors (Lipinski definition) is 1. The highest BCUT2D eigenvalue weighted by Crippen LogP contribution is 2.22. The number of piperazine rings is 1. The first kappa shape index (κ1) is 21.3. The molecule has 27 heavy (non-hydrogen) atoms. The summed E-state index contributed by atoms with van der Waals surface area (Å²) in [7, 11) is 0. The fraction of sp³-hybridized carbons (Fsp3) is 0.579. The van der Waals surface area contributed by atoms with E-state index < -0.39 is 11.0 Å². The Bertz CT molecular complexity index is 683. The standard InChI is InChI=1S/C19H27ClFN3O3/c1-13(20)17(25)22-12-14-5-6-16(15(21)11-14)23-7-9-24(10-8-23)18(26)27-19(2,3)4/h5-6,11,13H,7-10,12H2,1-4H3,(H,22,25). The van der Waals surface area contributed by atoms with E-state index in [9.17, 15) is 14.0 Å². The first-order chi connectivity index (χ1) is 12.6. The first-order valence-corrected chi connectivity index (χ1v) is 9.43. The van der Waals surface area contributed by atoms with Crippen molar-refractivity contribution in [1.29, 1.82) is 0 Å². The van der Waals surface area contributed by atoms with Gasteiger partial charge >= 0.3 is 6.09 Å². The molecule has 0 aliphatic carbocycles. The van der Waals surface area contributed by atoms with Gasteiger partial charge in [-0.25, -0.2) is 9.18 Å². The Morgan fingerprint density at radius 2 is 1.89 bits per heavy atom. The lowest BCUT2D eigenvalue weighted by Gasteiger charge is -2.36. The molecule has 1 aliphatic heterocycles. The molecular weight excluding hydrogens is 373 g/mol. The summed E-state index contributed by atoms with van der Waals surface area (Å²) in [6.07, 6.45) is -0.345. The second-order valence-corrected chi connectivity index (χ2v) is 8.23. The summed E-state index contributed by atoms with van der Waals surface area (Å²) in [5.41, 5.74) is 0.612. The van der Waals surface area contributed by atoms with Crippen molar-refractivity contribution in [3.8, 4) is 0 Å². The fourth-order valence-electron chi connectivity index (χ4n) is 2.70. The van der Waals surface area contributed by atoms with Crippen LogP contribution in [-0.4, -0.2) is 54.1 Å². The molecular formula is C19H27ClFN3O3. The molecule has 1 unspecified atom stereocenters. The number of nitrogens with one attached hydrogen (secondary N) is 1. The van der Waals surface area contributed by atoms with Crippen LogP contribution in [0.4, 0.5) is 14.9 Å². The Morgan fingerprint density at radius 1 is 1.26 bits per heavy atom. The minimum atomic E-state index is -0.629. The lowest BCUT2D eigenvalue weighted by molar-refractivity contribution is -0.120. The zero-order valence-corrected chi connectivity index (χ0v) is 17.0. The van der Waals surface area contributed by atoms with Crippen LogP contribution in [0.2, 0.25) is 0 Å². The third-order valence-electron chi connectivity index (χ3n) is 4.11. The van der Waals surface area contributed by atoms with Crippen LogP contribution in [-0.2, 0) is 16.1 Å². The molecule has 8 heteroatoms. The van der Waals surface area contributed by atoms with Crippen molar-refractivity contribution in [2.75, 3.05) is 31.1 Å². The number of carbonyl (C=O) groups excluding carboxylic acids is 2. The molecule has 0 aromatic heterocycles. The molecule has 6 nitrogen and oxygen atoms in total. The Kier molecular flexibility index (Phi) is 6.92. The Hall–Kier alpha value is -2.02. The van der Waals surface area contributed by atoms with E-state index in [0.717, 1.165) is 0 Å². The maximum atomic E-state index is 14.5. The van der Waals surface area contributed by atoms with Crippen LogP contribution in [0, 0.1) is 5.82 Å². The number of benzene rings is 1. The van der Waals surface area contributed by atoms with Crippen molar-refractivity contribution in [2.45, 2.75) is 45.2 Å². The molecule has 2 amide bonds. The number of nitrogens with zero attached hydrogens (tertiary/aromatic N) is 2. The summed E-state index contributed by atoms with van der Waals surface area (Å²) < 4.78 is 19.9. The molecule has 0 bridgehead atoms. The van der Waals surface area contributed by atoms with Crippen LogP contribution in [0.25, 0.3) is 0 Å². The number of halogens is 2. The van der Waals surface area contributed by atoms with E-state index in [0.29, 0.717) is 37.4 Å². The quantitative estimate of drug-likeness (QED) is 0.790. The molecule has 1 N–H and O–H groups in total. The van der Waals surface area contributed by atoms with Crippen molar-refractivity contribution < 1.29 is 18.7 Å². The van der Waals surface area contributed by atoms with Crippen molar-refractivity contribution in [3.05, 3.63) is 29.6 Å². The van der Waals surface area contributed by atoms with E-state index in [1.807, 2.05) is 25.7 Å². The Balaban J connectivity index is 1.92. The molecule has 2 rings (SSSR count). The molecule has 0 radical (unpaired) electrons. The van der Waals surface area contributed by atoms with Crippen LogP contribution in [0.5, 0.6) is 0 Å². The highest BCUT2D eigenvalue weighted by atomic mass is 35.5. The number of alkyl halides is 1. The van der Waals surface area contributed by atoms with Gasteiger partial charge in [-0.1, -0.05) is 6.07 Å². The van der Waals surface area contributed by atoms with Gasteiger partial charge in [-0.3, -0.25) is 4.79 Å². The predicted molar refractivity (Wildman–Crippen MR) is 104 cm³/mol. The van der Waals surface area contributed by atoms with Crippen molar-refractivity contribution in [3.63, 3.8) is 0 Å². The number of rotatable bonds is 4. The van der Waals surface area contributed by atoms with Crippen LogP contribution >= 0.6 is 11.6 Å². The van der Waals surface area contributed by atoms with Gasteiger partial charge in [0.2, 0.25) is 5.91 Å². The minimum absolute atomic E-state index is 0.222. The maximum Gasteiger partial charge on any atom is 0.410 e. The fourth-order valence-corrected chi connectivity index (χ4v) is 2.78. The maximum absolute atomic E-state index is 14.5. The van der Waals surface area contributed by atoms with E-state index in [1.54, 1.807) is 24.0 Å². The van der Waals surface area contributed by atoms with Crippen molar-refractivity contribution in [1.82, 2.24) is 10.2 Å². The normalized spacial score (nSPS) is 16.1. The van der Waals surface area contributed by atoms with Crippen LogP contribution in [0.3, 0.4) is 0 Å². The average molecular weight is 400 g/mol. The molecule has 0 saturated carbocycles. The summed E-state index contributed by atoms with van der Waals surface area (Å²) >= 11 is 5.69. The van der Waals surface area contributed by atoms with Crippen molar-refractivity contribution >= 4 is 29.3 Å². The second-order valence-electron chi connectivity index (χ2n) is 7.57. The molecule has 1 heterocycles. The van der Waals surface area contributed by atoms with Gasteiger partial charge in [0.05, 0.1) is 5.69 Å². The number of anilines is 1. The lowest BCUT2D eigenvalue weighted by atomic mass is 10.1. The van der Waals surface area contributed by atoms with E-state index in [-0.39, 0.29) is 24.4 Å². The second kappa shape index (κ2) is 8.78. The van der Waals surface area contributed by atoms with Crippen LogP contribution < -0.4 is 10.2 Å². The molecule has 1 aliphatic rings. The molecule has 1 atom stereocenters. The van der Waals surface area contributed by atoms with Gasteiger partial charge < -0.3 is 19.9 Å². The highest BCUT2D eigenvalue weighted by molar-refractivity contribution is 6.30. The Morgan fingerprint density at radius 3 is 2.41 bits per heavy atom. The van der Waals surface area contributed by atoms with Crippen molar-refractivity contribution in [2.24, 2.45) is 0 Å². The number of amides is 2. The van der Waals surface area contributed by atoms with Crippen LogP contribution in [0.15, 0.2) is 18.2 Å². The highest BCUT2D eigenvalue weighted by Gasteiger charge is 2.26. The van der Waals surface area contributed by atoms with E-state index in [2.05, 4.69) is 5.32 Å². The molecule has 150 valence electrons. The predicted octanol–water partition coefficient (Wildman–Crippen LogP) is 3.13. The number of hydrogen-bond acceptors (Lipinski definition) is 4. The summed E-state index contributed by atoms with van der Waals surface area (Å²) in [5.74, 6) is -0.647. The van der Waals surface area contributed by atoms with Gasteiger partial charge in [0.25, 0.3) is 0 Å². The Labute approximate surface area is 164 Å². The SMILES string of the molecule is CC(Cl)C(=O)NCc1ccc(N2CCN(C(=O)OC(C)(C)C)CC2)c(F)c1. The molecule has 1 fully saturated rings. The van der Waals surface area contributed by atoms with E-state index >= 15 is 0 Å². The summed E-state index contributed by atoms with van der Waals surface area (Å²) in [4.78, 5) is 27.1. The zero-order chi connectivity index (χ0) is 20.2. The van der Waals surface area contributed by atoms with E-state index in [1.165, 1.54) is 6.07 Å². The summed E-state index contributed by atoms with van der Waals surface area (Å²) in [6, 6.07) is 4.89. The van der Waals surface area contributed by atoms with Gasteiger partial charge in [-0.15, -0.1) is 11.6 Å². The molecule has 0 spiro atoms. The molecule has 1 saturated heterocycles. The summed E-state index contributed by atoms with van der Waals surface area (Å²) in [5, 5.41) is 2.02. The average Bonchev–Trinajstić information content (AvgIpc) is 2.58. The third kappa shape index (κ3) is 6.27.